The lowest BCUT2D eigenvalue weighted by molar-refractivity contribution is 0.322. The van der Waals surface area contributed by atoms with E-state index < -0.39 is 0 Å². The van der Waals surface area contributed by atoms with Gasteiger partial charge in [-0.2, -0.15) is 0 Å². The number of benzene rings is 1. The van der Waals surface area contributed by atoms with Gasteiger partial charge < -0.3 is 19.9 Å². The van der Waals surface area contributed by atoms with Crippen molar-refractivity contribution in [3.8, 4) is 5.75 Å². The van der Waals surface area contributed by atoms with E-state index >= 15 is 0 Å². The molecule has 0 bridgehead atoms. The van der Waals surface area contributed by atoms with Crippen molar-refractivity contribution in [2.75, 3.05) is 58.3 Å². The van der Waals surface area contributed by atoms with Gasteiger partial charge in [0.15, 0.2) is 0 Å². The van der Waals surface area contributed by atoms with Gasteiger partial charge in [-0.15, -0.1) is 0 Å². The van der Waals surface area contributed by atoms with Gasteiger partial charge in [0.1, 0.15) is 5.75 Å². The van der Waals surface area contributed by atoms with Crippen LogP contribution in [-0.4, -0.2) is 58.3 Å². The molecule has 0 amide bonds. The molecule has 0 aliphatic carbocycles. The van der Waals surface area contributed by atoms with Crippen molar-refractivity contribution in [3.63, 3.8) is 0 Å². The lowest BCUT2D eigenvalue weighted by Crippen LogP contribution is -2.33. The number of para-hydroxylation sites is 2. The van der Waals surface area contributed by atoms with Crippen LogP contribution in [0.3, 0.4) is 0 Å². The molecule has 1 aromatic rings. The van der Waals surface area contributed by atoms with Crippen LogP contribution in [-0.2, 0) is 0 Å². The third-order valence-electron chi connectivity index (χ3n) is 3.55. The summed E-state index contributed by atoms with van der Waals surface area (Å²) >= 11 is 0. The minimum atomic E-state index is 0.823. The van der Waals surface area contributed by atoms with Crippen LogP contribution >= 0.6 is 0 Å². The molecule has 112 valence electrons. The molecule has 0 spiro atoms. The summed E-state index contributed by atoms with van der Waals surface area (Å²) in [4.78, 5) is 4.66. The molecule has 0 unspecified atom stereocenters. The molecule has 0 radical (unpaired) electrons. The Morgan fingerprint density at radius 1 is 1.25 bits per heavy atom. The van der Waals surface area contributed by atoms with Gasteiger partial charge in [0.25, 0.3) is 0 Å². The fraction of sp³-hybridized carbons (Fsp3) is 0.625. The van der Waals surface area contributed by atoms with E-state index in [2.05, 4.69) is 47.4 Å². The van der Waals surface area contributed by atoms with Gasteiger partial charge in [0.05, 0.1) is 12.3 Å². The molecule has 0 saturated carbocycles. The highest BCUT2D eigenvalue weighted by Crippen LogP contribution is 2.29. The maximum absolute atomic E-state index is 5.78. The van der Waals surface area contributed by atoms with E-state index in [9.17, 15) is 0 Å². The third kappa shape index (κ3) is 4.69. The maximum atomic E-state index is 5.78. The predicted molar refractivity (Wildman–Crippen MR) is 84.8 cm³/mol. The van der Waals surface area contributed by atoms with Crippen LogP contribution in [0, 0.1) is 0 Å². The van der Waals surface area contributed by atoms with Crippen molar-refractivity contribution in [2.45, 2.75) is 12.8 Å². The molecular formula is C16H27N3O. The van der Waals surface area contributed by atoms with E-state index in [-0.39, 0.29) is 0 Å². The van der Waals surface area contributed by atoms with Crippen LogP contribution in [0.1, 0.15) is 12.8 Å². The zero-order chi connectivity index (χ0) is 14.2. The van der Waals surface area contributed by atoms with Crippen LogP contribution in [0.5, 0.6) is 5.75 Å². The van der Waals surface area contributed by atoms with E-state index in [0.29, 0.717) is 0 Å². The number of nitrogens with zero attached hydrogens (tertiary/aromatic N) is 2. The van der Waals surface area contributed by atoms with Crippen molar-refractivity contribution in [2.24, 2.45) is 0 Å². The highest BCUT2D eigenvalue weighted by molar-refractivity contribution is 5.58. The molecule has 20 heavy (non-hydrogen) atoms. The highest BCUT2D eigenvalue weighted by atomic mass is 16.5. The van der Waals surface area contributed by atoms with Crippen molar-refractivity contribution in [1.82, 2.24) is 10.2 Å². The Hall–Kier alpha value is -1.26. The zero-order valence-corrected chi connectivity index (χ0v) is 12.8. The number of anilines is 1. The predicted octanol–water partition coefficient (Wildman–Crippen LogP) is 1.82. The second-order valence-corrected chi connectivity index (χ2v) is 5.56. The lowest BCUT2D eigenvalue weighted by Gasteiger charge is -2.24. The molecule has 0 saturated heterocycles. The monoisotopic (exact) mass is 277 g/mol. The molecule has 4 nitrogen and oxygen atoms in total. The second kappa shape index (κ2) is 8.12. The molecule has 1 aromatic carbocycles. The Kier molecular flexibility index (Phi) is 6.15. The molecule has 1 N–H and O–H groups in total. The van der Waals surface area contributed by atoms with Gasteiger partial charge in [-0.25, -0.2) is 0 Å². The Balaban J connectivity index is 1.75. The fourth-order valence-electron chi connectivity index (χ4n) is 2.49. The molecule has 0 aromatic heterocycles. The van der Waals surface area contributed by atoms with Crippen molar-refractivity contribution in [1.29, 1.82) is 0 Å². The number of nitrogens with one attached hydrogen (secondary N) is 1. The molecule has 1 aliphatic rings. The van der Waals surface area contributed by atoms with Crippen LogP contribution in [0.4, 0.5) is 5.69 Å². The topological polar surface area (TPSA) is 27.7 Å². The van der Waals surface area contributed by atoms with Crippen LogP contribution in [0.25, 0.3) is 0 Å². The van der Waals surface area contributed by atoms with Gasteiger partial charge in [0, 0.05) is 19.6 Å². The van der Waals surface area contributed by atoms with Crippen LogP contribution < -0.4 is 15.0 Å². The van der Waals surface area contributed by atoms with Crippen LogP contribution in [0.2, 0.25) is 0 Å². The summed E-state index contributed by atoms with van der Waals surface area (Å²) in [5.41, 5.74) is 1.24. The van der Waals surface area contributed by atoms with E-state index in [1.165, 1.54) is 12.1 Å². The Morgan fingerprint density at radius 3 is 2.95 bits per heavy atom. The van der Waals surface area contributed by atoms with Gasteiger partial charge in [-0.3, -0.25) is 0 Å². The Labute approximate surface area is 122 Å². The highest BCUT2D eigenvalue weighted by Gasteiger charge is 2.14. The van der Waals surface area contributed by atoms with E-state index in [4.69, 9.17) is 4.74 Å². The molecule has 0 fully saturated rings. The second-order valence-electron chi connectivity index (χ2n) is 5.56. The Bertz CT molecular complexity index is 395. The number of ether oxygens (including phenoxy) is 1. The summed E-state index contributed by atoms with van der Waals surface area (Å²) in [5, 5.41) is 3.53. The first-order chi connectivity index (χ1) is 9.77. The number of hydrogen-bond donors (Lipinski definition) is 1. The van der Waals surface area contributed by atoms with Crippen LogP contribution in [0.15, 0.2) is 24.3 Å². The first-order valence-corrected chi connectivity index (χ1v) is 7.59. The summed E-state index contributed by atoms with van der Waals surface area (Å²) < 4.78 is 5.78. The van der Waals surface area contributed by atoms with E-state index in [1.54, 1.807) is 0 Å². The van der Waals surface area contributed by atoms with Gasteiger partial charge in [0.2, 0.25) is 0 Å². The minimum Gasteiger partial charge on any atom is -0.491 e. The lowest BCUT2D eigenvalue weighted by atomic mass is 10.2. The molecular weight excluding hydrogens is 250 g/mol. The summed E-state index contributed by atoms with van der Waals surface area (Å²) in [7, 11) is 4.24. The largest absolute Gasteiger partial charge is 0.491 e. The average molecular weight is 277 g/mol. The molecule has 0 atom stereocenters. The smallest absolute Gasteiger partial charge is 0.142 e. The Morgan fingerprint density at radius 2 is 2.10 bits per heavy atom. The van der Waals surface area contributed by atoms with Crippen molar-refractivity contribution in [3.05, 3.63) is 24.3 Å². The summed E-state index contributed by atoms with van der Waals surface area (Å²) in [6.07, 6.45) is 2.29. The normalized spacial score (nSPS) is 14.8. The first-order valence-electron chi connectivity index (χ1n) is 7.59. The maximum Gasteiger partial charge on any atom is 0.142 e. The molecule has 2 rings (SSSR count). The van der Waals surface area contributed by atoms with Crippen molar-refractivity contribution < 1.29 is 4.74 Å². The number of hydrogen-bond acceptors (Lipinski definition) is 4. The minimum absolute atomic E-state index is 0.823. The quantitative estimate of drug-likeness (QED) is 0.769. The molecule has 4 heteroatoms. The van der Waals surface area contributed by atoms with E-state index in [0.717, 1.165) is 51.5 Å². The summed E-state index contributed by atoms with van der Waals surface area (Å²) in [6.45, 7) is 6.21. The van der Waals surface area contributed by atoms with Crippen molar-refractivity contribution >= 4 is 5.69 Å². The first kappa shape index (κ1) is 15.1. The zero-order valence-electron chi connectivity index (χ0n) is 12.8. The standard InChI is InChI=1S/C16H27N3O/c1-18(2)11-5-9-17-10-13-19-12-6-14-20-16-8-4-3-7-15(16)19/h3-4,7-8,17H,5-6,9-14H2,1-2H3. The van der Waals surface area contributed by atoms with Gasteiger partial charge >= 0.3 is 0 Å². The molecule has 1 heterocycles. The average Bonchev–Trinajstić information content (AvgIpc) is 2.65. The van der Waals surface area contributed by atoms with Gasteiger partial charge in [-0.05, 0) is 52.2 Å². The SMILES string of the molecule is CN(C)CCCNCCN1CCCOc2ccccc21. The number of fused-ring (bicyclic) bond motifs is 1. The van der Waals surface area contributed by atoms with Gasteiger partial charge in [-0.1, -0.05) is 12.1 Å². The summed E-state index contributed by atoms with van der Waals surface area (Å²) in [6, 6.07) is 8.36. The number of rotatable bonds is 7. The third-order valence-corrected chi connectivity index (χ3v) is 3.55. The molecule has 1 aliphatic heterocycles. The summed E-state index contributed by atoms with van der Waals surface area (Å²) in [5.74, 6) is 1.03. The fourth-order valence-corrected chi connectivity index (χ4v) is 2.49. The van der Waals surface area contributed by atoms with E-state index in [1.807, 2.05) is 6.07 Å².